The van der Waals surface area contributed by atoms with Crippen LogP contribution >= 0.6 is 0 Å². The third kappa shape index (κ3) is 3.50. The van der Waals surface area contributed by atoms with Crippen molar-refractivity contribution in [2.45, 2.75) is 31.5 Å². The first kappa shape index (κ1) is 14.8. The molecule has 0 aromatic carbocycles. The lowest BCUT2D eigenvalue weighted by atomic mass is 10.1. The van der Waals surface area contributed by atoms with E-state index in [9.17, 15) is 18.3 Å². The van der Waals surface area contributed by atoms with Crippen molar-refractivity contribution in [3.63, 3.8) is 0 Å². The van der Waals surface area contributed by atoms with Gasteiger partial charge < -0.3 is 15.7 Å². The summed E-state index contributed by atoms with van der Waals surface area (Å²) < 4.78 is 38.1. The van der Waals surface area contributed by atoms with E-state index in [1.807, 2.05) is 0 Å². The summed E-state index contributed by atoms with van der Waals surface area (Å²) in [6.45, 7) is 0.401. The van der Waals surface area contributed by atoms with Crippen molar-refractivity contribution in [2.75, 3.05) is 24.2 Å². The summed E-state index contributed by atoms with van der Waals surface area (Å²) in [5.74, 6) is 0.0717. The number of nitrogens with zero attached hydrogens (tertiary/aromatic N) is 2. The van der Waals surface area contributed by atoms with E-state index in [-0.39, 0.29) is 17.7 Å². The van der Waals surface area contributed by atoms with Gasteiger partial charge in [0.25, 0.3) is 0 Å². The first-order valence-electron chi connectivity index (χ1n) is 6.46. The van der Waals surface area contributed by atoms with Crippen LogP contribution in [-0.4, -0.2) is 34.8 Å². The van der Waals surface area contributed by atoms with Crippen LogP contribution in [0, 0.1) is 5.92 Å². The highest BCUT2D eigenvalue weighted by molar-refractivity contribution is 5.43. The van der Waals surface area contributed by atoms with E-state index < -0.39 is 18.0 Å². The van der Waals surface area contributed by atoms with Gasteiger partial charge in [-0.25, -0.2) is 4.98 Å². The largest absolute Gasteiger partial charge is 0.433 e. The highest BCUT2D eigenvalue weighted by Gasteiger charge is 2.34. The zero-order valence-corrected chi connectivity index (χ0v) is 11.0. The highest BCUT2D eigenvalue weighted by Crippen LogP contribution is 2.30. The molecular weight excluding hydrogens is 273 g/mol. The van der Waals surface area contributed by atoms with E-state index in [1.165, 1.54) is 7.05 Å². The molecule has 0 radical (unpaired) electrons. The fourth-order valence-electron chi connectivity index (χ4n) is 2.29. The minimum absolute atomic E-state index is 0.0531. The number of hydrogen-bond donors (Lipinski definition) is 3. The smallest absolute Gasteiger partial charge is 0.393 e. The summed E-state index contributed by atoms with van der Waals surface area (Å²) in [4.78, 5) is 7.32. The maximum absolute atomic E-state index is 12.7. The number of halogens is 3. The zero-order valence-electron chi connectivity index (χ0n) is 11.0. The third-order valence-electron chi connectivity index (χ3n) is 3.40. The van der Waals surface area contributed by atoms with Crippen LogP contribution in [0.3, 0.4) is 0 Å². The van der Waals surface area contributed by atoms with Crippen molar-refractivity contribution in [1.82, 2.24) is 9.97 Å². The van der Waals surface area contributed by atoms with Gasteiger partial charge in [0.05, 0.1) is 6.10 Å². The molecule has 1 aliphatic carbocycles. The SMILES string of the molecule is CNc1nc(NCC2CCCC2O)cc(C(F)(F)F)n1. The molecule has 0 spiro atoms. The Kier molecular flexibility index (Phi) is 4.32. The Balaban J connectivity index is 2.10. The summed E-state index contributed by atoms with van der Waals surface area (Å²) in [5.41, 5.74) is -0.994. The van der Waals surface area contributed by atoms with Crippen LogP contribution in [0.4, 0.5) is 24.9 Å². The number of rotatable bonds is 4. The Labute approximate surface area is 114 Å². The van der Waals surface area contributed by atoms with Gasteiger partial charge in [0.2, 0.25) is 5.95 Å². The molecule has 1 aromatic heterocycles. The van der Waals surface area contributed by atoms with Gasteiger partial charge in [-0.05, 0) is 12.8 Å². The maximum Gasteiger partial charge on any atom is 0.433 e. The van der Waals surface area contributed by atoms with Crippen LogP contribution in [0.15, 0.2) is 6.07 Å². The number of anilines is 2. The molecule has 112 valence electrons. The van der Waals surface area contributed by atoms with Crippen LogP contribution in [-0.2, 0) is 6.18 Å². The predicted molar refractivity (Wildman–Crippen MR) is 68.4 cm³/mol. The molecule has 2 atom stereocenters. The molecule has 20 heavy (non-hydrogen) atoms. The van der Waals surface area contributed by atoms with E-state index in [1.54, 1.807) is 0 Å². The van der Waals surface area contributed by atoms with E-state index in [0.717, 1.165) is 25.3 Å². The van der Waals surface area contributed by atoms with Crippen LogP contribution in [0.25, 0.3) is 0 Å². The fourth-order valence-corrected chi connectivity index (χ4v) is 2.29. The standard InChI is InChI=1S/C12H17F3N4O/c1-16-11-18-9(12(13,14)15)5-10(19-11)17-6-7-3-2-4-8(7)20/h5,7-8,20H,2-4,6H2,1H3,(H2,16,17,18,19). The number of aromatic nitrogens is 2. The van der Waals surface area contributed by atoms with Crippen LogP contribution in [0.1, 0.15) is 25.0 Å². The summed E-state index contributed by atoms with van der Waals surface area (Å²) >= 11 is 0. The van der Waals surface area contributed by atoms with Gasteiger partial charge in [-0.1, -0.05) is 6.42 Å². The summed E-state index contributed by atoms with van der Waals surface area (Å²) in [6.07, 6.45) is -2.36. The average Bonchev–Trinajstić information content (AvgIpc) is 2.80. The number of aliphatic hydroxyl groups excluding tert-OH is 1. The Morgan fingerprint density at radius 3 is 2.65 bits per heavy atom. The van der Waals surface area contributed by atoms with Crippen molar-refractivity contribution in [2.24, 2.45) is 5.92 Å². The van der Waals surface area contributed by atoms with Crippen LogP contribution < -0.4 is 10.6 Å². The molecular formula is C12H17F3N4O. The van der Waals surface area contributed by atoms with E-state index in [2.05, 4.69) is 20.6 Å². The first-order chi connectivity index (χ1) is 9.40. The Morgan fingerprint density at radius 2 is 2.10 bits per heavy atom. The van der Waals surface area contributed by atoms with Gasteiger partial charge in [-0.2, -0.15) is 18.2 Å². The summed E-state index contributed by atoms with van der Waals surface area (Å²) in [7, 11) is 1.46. The molecule has 0 amide bonds. The van der Waals surface area contributed by atoms with Gasteiger partial charge in [0.1, 0.15) is 5.82 Å². The van der Waals surface area contributed by atoms with Crippen molar-refractivity contribution in [1.29, 1.82) is 0 Å². The zero-order chi connectivity index (χ0) is 14.8. The molecule has 1 saturated carbocycles. The normalized spacial score (nSPS) is 22.9. The van der Waals surface area contributed by atoms with Crippen LogP contribution in [0.2, 0.25) is 0 Å². The molecule has 0 saturated heterocycles. The second kappa shape index (κ2) is 5.82. The number of hydrogen-bond acceptors (Lipinski definition) is 5. The molecule has 1 aliphatic rings. The minimum Gasteiger partial charge on any atom is -0.393 e. The molecule has 8 heteroatoms. The molecule has 2 unspecified atom stereocenters. The topological polar surface area (TPSA) is 70.1 Å². The summed E-state index contributed by atoms with van der Waals surface area (Å²) in [6, 6.07) is 0.877. The number of alkyl halides is 3. The van der Waals surface area contributed by atoms with E-state index in [0.29, 0.717) is 6.54 Å². The van der Waals surface area contributed by atoms with Crippen LogP contribution in [0.5, 0.6) is 0 Å². The van der Waals surface area contributed by atoms with Gasteiger partial charge in [0.15, 0.2) is 5.69 Å². The van der Waals surface area contributed by atoms with Gasteiger partial charge in [-0.15, -0.1) is 0 Å². The van der Waals surface area contributed by atoms with Crippen molar-refractivity contribution in [3.05, 3.63) is 11.8 Å². The van der Waals surface area contributed by atoms with Crippen molar-refractivity contribution >= 4 is 11.8 Å². The summed E-state index contributed by atoms with van der Waals surface area (Å²) in [5, 5.41) is 15.0. The molecule has 2 rings (SSSR count). The molecule has 0 aliphatic heterocycles. The lowest BCUT2D eigenvalue weighted by Gasteiger charge is -2.16. The molecule has 5 nitrogen and oxygen atoms in total. The van der Waals surface area contributed by atoms with Gasteiger partial charge in [-0.3, -0.25) is 0 Å². The second-order valence-corrected chi connectivity index (χ2v) is 4.85. The molecule has 1 fully saturated rings. The van der Waals surface area contributed by atoms with E-state index in [4.69, 9.17) is 0 Å². The monoisotopic (exact) mass is 290 g/mol. The molecule has 1 heterocycles. The third-order valence-corrected chi connectivity index (χ3v) is 3.40. The Bertz CT molecular complexity index is 467. The predicted octanol–water partition coefficient (Wildman–Crippen LogP) is 2.11. The van der Waals surface area contributed by atoms with E-state index >= 15 is 0 Å². The van der Waals surface area contributed by atoms with Crippen molar-refractivity contribution < 1.29 is 18.3 Å². The molecule has 0 bridgehead atoms. The highest BCUT2D eigenvalue weighted by atomic mass is 19.4. The lowest BCUT2D eigenvalue weighted by Crippen LogP contribution is -2.23. The van der Waals surface area contributed by atoms with Gasteiger partial charge in [0, 0.05) is 25.6 Å². The van der Waals surface area contributed by atoms with Crippen molar-refractivity contribution in [3.8, 4) is 0 Å². The number of aliphatic hydroxyl groups is 1. The Hall–Kier alpha value is -1.57. The molecule has 1 aromatic rings. The average molecular weight is 290 g/mol. The first-order valence-corrected chi connectivity index (χ1v) is 6.46. The maximum atomic E-state index is 12.7. The fraction of sp³-hybridized carbons (Fsp3) is 0.667. The lowest BCUT2D eigenvalue weighted by molar-refractivity contribution is -0.141. The minimum atomic E-state index is -4.52. The number of nitrogens with one attached hydrogen (secondary N) is 2. The molecule has 3 N–H and O–H groups in total. The Morgan fingerprint density at radius 1 is 1.35 bits per heavy atom. The van der Waals surface area contributed by atoms with Gasteiger partial charge >= 0.3 is 6.18 Å². The quantitative estimate of drug-likeness (QED) is 0.792. The second-order valence-electron chi connectivity index (χ2n) is 4.85.